The first-order valence-corrected chi connectivity index (χ1v) is 11.4. The summed E-state index contributed by atoms with van der Waals surface area (Å²) < 4.78 is 14.0. The van der Waals surface area contributed by atoms with Crippen molar-refractivity contribution < 1.29 is 14.3 Å². The number of amides is 1. The zero-order valence-corrected chi connectivity index (χ0v) is 19.1. The predicted octanol–water partition coefficient (Wildman–Crippen LogP) is 5.03. The molecule has 1 atom stereocenters. The molecular weight excluding hydrogens is 463 g/mol. The number of pyridine rings is 1. The first-order valence-electron chi connectivity index (χ1n) is 9.69. The highest BCUT2D eigenvalue weighted by atomic mass is 32.1. The number of thiazole rings is 2. The Kier molecular flexibility index (Phi) is 6.41. The molecule has 11 heteroatoms. The fourth-order valence-electron chi connectivity index (χ4n) is 2.86. The summed E-state index contributed by atoms with van der Waals surface area (Å²) in [5.41, 5.74) is 1.95. The molecule has 166 valence electrons. The summed E-state index contributed by atoms with van der Waals surface area (Å²) in [7, 11) is 0. The van der Waals surface area contributed by atoms with Crippen LogP contribution in [0.1, 0.15) is 39.7 Å². The smallest absolute Gasteiger partial charge is 0.257 e. The largest absolute Gasteiger partial charge is 0.386 e. The van der Waals surface area contributed by atoms with E-state index in [1.807, 2.05) is 18.4 Å². The second-order valence-electron chi connectivity index (χ2n) is 7.00. The third-order valence-corrected chi connectivity index (χ3v) is 6.62. The van der Waals surface area contributed by atoms with Gasteiger partial charge in [0.05, 0.1) is 39.1 Å². The van der Waals surface area contributed by atoms with Crippen LogP contribution in [0.2, 0.25) is 0 Å². The van der Waals surface area contributed by atoms with Crippen LogP contribution in [0, 0.1) is 24.1 Å². The van der Waals surface area contributed by atoms with Crippen molar-refractivity contribution in [1.29, 1.82) is 5.26 Å². The summed E-state index contributed by atoms with van der Waals surface area (Å²) >= 11 is 2.79. The van der Waals surface area contributed by atoms with Crippen LogP contribution in [-0.4, -0.2) is 26.0 Å². The lowest BCUT2D eigenvalue weighted by molar-refractivity contribution is 0.102. The molecule has 0 aliphatic heterocycles. The number of nitrogens with zero attached hydrogens (tertiary/aromatic N) is 4. The van der Waals surface area contributed by atoms with Crippen molar-refractivity contribution >= 4 is 45.2 Å². The van der Waals surface area contributed by atoms with Crippen LogP contribution in [0.15, 0.2) is 41.9 Å². The number of anilines is 3. The van der Waals surface area contributed by atoms with Crippen molar-refractivity contribution in [3.63, 3.8) is 0 Å². The Balaban J connectivity index is 1.43. The molecule has 1 aromatic carbocycles. The van der Waals surface area contributed by atoms with Gasteiger partial charge in [0.2, 0.25) is 0 Å². The van der Waals surface area contributed by atoms with Crippen LogP contribution in [0.4, 0.5) is 21.0 Å². The minimum Gasteiger partial charge on any atom is -0.386 e. The van der Waals surface area contributed by atoms with Crippen molar-refractivity contribution in [2.75, 3.05) is 10.6 Å². The number of rotatable bonds is 6. The van der Waals surface area contributed by atoms with E-state index in [0.717, 1.165) is 22.3 Å². The van der Waals surface area contributed by atoms with Crippen LogP contribution in [-0.2, 0) is 0 Å². The summed E-state index contributed by atoms with van der Waals surface area (Å²) in [5.74, 6) is -0.726. The van der Waals surface area contributed by atoms with Gasteiger partial charge in [-0.2, -0.15) is 5.26 Å². The Morgan fingerprint density at radius 1 is 1.27 bits per heavy atom. The number of nitriles is 1. The van der Waals surface area contributed by atoms with E-state index in [1.54, 1.807) is 19.1 Å². The lowest BCUT2D eigenvalue weighted by Gasteiger charge is -2.07. The van der Waals surface area contributed by atoms with Gasteiger partial charge in [0.1, 0.15) is 22.7 Å². The molecule has 1 amide bonds. The Bertz CT molecular complexity index is 1360. The number of hydrogen-bond donors (Lipinski definition) is 3. The lowest BCUT2D eigenvalue weighted by atomic mass is 10.2. The van der Waals surface area contributed by atoms with Crippen LogP contribution in [0.25, 0.3) is 10.6 Å². The number of nitrogens with one attached hydrogen (secondary N) is 2. The number of benzene rings is 1. The number of aromatic nitrogens is 3. The number of carbonyl (C=O) groups is 1. The van der Waals surface area contributed by atoms with Crippen LogP contribution in [0.3, 0.4) is 0 Å². The van der Waals surface area contributed by atoms with Crippen LogP contribution in [0.5, 0.6) is 0 Å². The molecule has 0 saturated carbocycles. The van der Waals surface area contributed by atoms with E-state index in [2.05, 4.69) is 25.6 Å². The molecule has 1 unspecified atom stereocenters. The third-order valence-electron chi connectivity index (χ3n) is 4.51. The normalized spacial score (nSPS) is 11.6. The average molecular weight is 481 g/mol. The predicted molar refractivity (Wildman–Crippen MR) is 125 cm³/mol. The molecule has 0 aliphatic carbocycles. The molecule has 4 aromatic rings. The van der Waals surface area contributed by atoms with E-state index in [9.17, 15) is 14.3 Å². The van der Waals surface area contributed by atoms with E-state index in [0.29, 0.717) is 16.0 Å². The number of aliphatic hydroxyl groups excluding tert-OH is 1. The molecule has 0 bridgehead atoms. The lowest BCUT2D eigenvalue weighted by Crippen LogP contribution is -2.13. The van der Waals surface area contributed by atoms with E-state index < -0.39 is 17.8 Å². The topological polar surface area (TPSA) is 124 Å². The third kappa shape index (κ3) is 5.04. The average Bonchev–Trinajstić information content (AvgIpc) is 3.42. The van der Waals surface area contributed by atoms with Gasteiger partial charge in [-0.3, -0.25) is 4.79 Å². The quantitative estimate of drug-likeness (QED) is 0.354. The van der Waals surface area contributed by atoms with E-state index >= 15 is 0 Å². The number of hydrogen-bond acceptors (Lipinski definition) is 9. The molecule has 33 heavy (non-hydrogen) atoms. The minimum atomic E-state index is -0.690. The molecule has 3 aromatic heterocycles. The zero-order valence-electron chi connectivity index (χ0n) is 17.5. The van der Waals surface area contributed by atoms with E-state index in [4.69, 9.17) is 5.26 Å². The summed E-state index contributed by atoms with van der Waals surface area (Å²) in [6, 6.07) is 8.83. The molecule has 0 fully saturated rings. The highest BCUT2D eigenvalue weighted by Crippen LogP contribution is 2.34. The Morgan fingerprint density at radius 3 is 2.73 bits per heavy atom. The molecule has 0 spiro atoms. The summed E-state index contributed by atoms with van der Waals surface area (Å²) in [5, 5.41) is 27.2. The molecule has 3 heterocycles. The standard InChI is InChI=1S/C22H17FN6O2S2/c1-11-19(33-21(26-11)12(2)30)17-10-32-22(28-17)29-18-6-4-14(9-25-18)20(31)27-16-5-3-13(8-24)7-15(16)23/h3-7,9-10,12,30H,1-2H3,(H,27,31)(H,25,28,29). The Morgan fingerprint density at radius 2 is 2.09 bits per heavy atom. The molecule has 8 nitrogen and oxygen atoms in total. The van der Waals surface area contributed by atoms with Gasteiger partial charge in [-0.25, -0.2) is 19.3 Å². The molecule has 0 radical (unpaired) electrons. The van der Waals surface area contributed by atoms with Crippen LogP contribution >= 0.6 is 22.7 Å². The second kappa shape index (κ2) is 9.41. The van der Waals surface area contributed by atoms with Gasteiger partial charge in [-0.15, -0.1) is 22.7 Å². The molecule has 0 saturated heterocycles. The van der Waals surface area contributed by atoms with Crippen molar-refractivity contribution in [2.24, 2.45) is 0 Å². The maximum absolute atomic E-state index is 14.0. The van der Waals surface area contributed by atoms with Crippen LogP contribution < -0.4 is 10.6 Å². The maximum Gasteiger partial charge on any atom is 0.257 e. The number of halogens is 1. The number of aliphatic hydroxyl groups is 1. The van der Waals surface area contributed by atoms with Gasteiger partial charge in [-0.05, 0) is 44.2 Å². The highest BCUT2D eigenvalue weighted by Gasteiger charge is 2.16. The van der Waals surface area contributed by atoms with Gasteiger partial charge in [-0.1, -0.05) is 0 Å². The van der Waals surface area contributed by atoms with Gasteiger partial charge in [0, 0.05) is 11.6 Å². The Hall–Kier alpha value is -3.72. The minimum absolute atomic E-state index is 0.0198. The second-order valence-corrected chi connectivity index (χ2v) is 8.89. The first kappa shape index (κ1) is 22.5. The summed E-state index contributed by atoms with van der Waals surface area (Å²) in [4.78, 5) is 26.5. The SMILES string of the molecule is Cc1nc(C(C)O)sc1-c1csc(Nc2ccc(C(=O)Nc3ccc(C#N)cc3F)cn2)n1. The zero-order chi connectivity index (χ0) is 23.5. The van der Waals surface area contributed by atoms with Gasteiger partial charge in [0.15, 0.2) is 5.13 Å². The number of aryl methyl sites for hydroxylation is 1. The van der Waals surface area contributed by atoms with Gasteiger partial charge in [0.25, 0.3) is 5.91 Å². The molecule has 0 aliphatic rings. The molecule has 3 N–H and O–H groups in total. The first-order chi connectivity index (χ1) is 15.8. The fraction of sp³-hybridized carbons (Fsp3) is 0.136. The van der Waals surface area contributed by atoms with Crippen molar-refractivity contribution in [2.45, 2.75) is 20.0 Å². The number of carbonyl (C=O) groups excluding carboxylic acids is 1. The highest BCUT2D eigenvalue weighted by molar-refractivity contribution is 7.17. The van der Waals surface area contributed by atoms with Gasteiger partial charge < -0.3 is 15.7 Å². The fourth-order valence-corrected chi connectivity index (χ4v) is 4.61. The van der Waals surface area contributed by atoms with Gasteiger partial charge >= 0.3 is 0 Å². The summed E-state index contributed by atoms with van der Waals surface area (Å²) in [6.45, 7) is 3.55. The maximum atomic E-state index is 14.0. The van der Waals surface area contributed by atoms with Crippen molar-refractivity contribution in [1.82, 2.24) is 15.0 Å². The van der Waals surface area contributed by atoms with E-state index in [1.165, 1.54) is 41.0 Å². The Labute approximate surface area is 196 Å². The van der Waals surface area contributed by atoms with Crippen molar-refractivity contribution in [3.05, 3.63) is 69.6 Å². The van der Waals surface area contributed by atoms with E-state index in [-0.39, 0.29) is 16.8 Å². The molecule has 4 rings (SSSR count). The monoisotopic (exact) mass is 480 g/mol. The molecular formula is C22H17FN6O2S2. The van der Waals surface area contributed by atoms with Crippen molar-refractivity contribution in [3.8, 4) is 16.6 Å². The summed E-state index contributed by atoms with van der Waals surface area (Å²) in [6.07, 6.45) is 0.739.